The topological polar surface area (TPSA) is 44.0 Å². The highest BCUT2D eigenvalue weighted by Gasteiger charge is 2.19. The van der Waals surface area contributed by atoms with Crippen molar-refractivity contribution in [3.8, 4) is 6.07 Å². The van der Waals surface area contributed by atoms with Crippen LogP contribution in [0.1, 0.15) is 25.0 Å². The number of halogens is 2. The molecule has 0 aromatic heterocycles. The first-order chi connectivity index (χ1) is 6.36. The Kier molecular flexibility index (Phi) is 3.06. The maximum absolute atomic E-state index is 9.70. The molecule has 0 fully saturated rings. The van der Waals surface area contributed by atoms with Crippen molar-refractivity contribution in [1.82, 2.24) is 0 Å². The van der Waals surface area contributed by atoms with Crippen LogP contribution in [0.15, 0.2) is 12.1 Å². The van der Waals surface area contributed by atoms with E-state index in [1.54, 1.807) is 26.0 Å². The number of nitriles is 1. The minimum Gasteiger partial charge on any atom is -0.386 e. The maximum atomic E-state index is 9.70. The smallest absolute Gasteiger partial charge is 0.102 e. The molecule has 0 radical (unpaired) electrons. The van der Waals surface area contributed by atoms with Crippen LogP contribution in [0.4, 0.5) is 0 Å². The third-order valence-electron chi connectivity index (χ3n) is 1.86. The van der Waals surface area contributed by atoms with Crippen LogP contribution in [-0.2, 0) is 5.60 Å². The maximum Gasteiger partial charge on any atom is 0.102 e. The molecule has 0 atom stereocenters. The van der Waals surface area contributed by atoms with Crippen LogP contribution in [0, 0.1) is 11.3 Å². The molecule has 0 spiro atoms. The Morgan fingerprint density at radius 1 is 1.29 bits per heavy atom. The first-order valence-electron chi connectivity index (χ1n) is 3.98. The zero-order valence-electron chi connectivity index (χ0n) is 7.81. The SMILES string of the molecule is CC(C)(O)c1cc(Cl)c(C#N)c(Cl)c1. The van der Waals surface area contributed by atoms with E-state index < -0.39 is 5.60 Å². The van der Waals surface area contributed by atoms with Gasteiger partial charge in [-0.1, -0.05) is 23.2 Å². The van der Waals surface area contributed by atoms with Crippen LogP contribution in [0.2, 0.25) is 10.0 Å². The van der Waals surface area contributed by atoms with Gasteiger partial charge in [0.15, 0.2) is 0 Å². The summed E-state index contributed by atoms with van der Waals surface area (Å²) in [5, 5.41) is 18.9. The van der Waals surface area contributed by atoms with E-state index >= 15 is 0 Å². The summed E-state index contributed by atoms with van der Waals surface area (Å²) < 4.78 is 0. The quantitative estimate of drug-likeness (QED) is 0.805. The summed E-state index contributed by atoms with van der Waals surface area (Å²) in [6.07, 6.45) is 0. The molecule has 1 N–H and O–H groups in total. The second kappa shape index (κ2) is 3.78. The third-order valence-corrected chi connectivity index (χ3v) is 2.46. The minimum absolute atomic E-state index is 0.237. The molecule has 0 aliphatic rings. The Morgan fingerprint density at radius 2 is 1.71 bits per heavy atom. The summed E-state index contributed by atoms with van der Waals surface area (Å²) in [4.78, 5) is 0. The van der Waals surface area contributed by atoms with Crippen LogP contribution in [0.25, 0.3) is 0 Å². The van der Waals surface area contributed by atoms with E-state index in [9.17, 15) is 5.11 Å². The molecule has 4 heteroatoms. The number of hydrogen-bond donors (Lipinski definition) is 1. The molecule has 0 amide bonds. The van der Waals surface area contributed by atoms with Crippen LogP contribution in [0.3, 0.4) is 0 Å². The summed E-state index contributed by atoms with van der Waals surface area (Å²) in [5.41, 5.74) is -0.186. The zero-order chi connectivity index (χ0) is 10.9. The summed E-state index contributed by atoms with van der Waals surface area (Å²) >= 11 is 11.6. The van der Waals surface area contributed by atoms with Gasteiger partial charge in [0.2, 0.25) is 0 Å². The molecule has 0 unspecified atom stereocenters. The fourth-order valence-electron chi connectivity index (χ4n) is 1.03. The first-order valence-corrected chi connectivity index (χ1v) is 4.74. The van der Waals surface area contributed by atoms with Crippen LogP contribution in [0.5, 0.6) is 0 Å². The van der Waals surface area contributed by atoms with Crippen molar-refractivity contribution in [3.05, 3.63) is 33.3 Å². The van der Waals surface area contributed by atoms with Gasteiger partial charge in [0.1, 0.15) is 6.07 Å². The lowest BCUT2D eigenvalue weighted by molar-refractivity contribution is 0.0786. The van der Waals surface area contributed by atoms with Crippen molar-refractivity contribution in [1.29, 1.82) is 5.26 Å². The summed E-state index contributed by atoms with van der Waals surface area (Å²) in [7, 11) is 0. The van der Waals surface area contributed by atoms with Crippen LogP contribution >= 0.6 is 23.2 Å². The number of aliphatic hydroxyl groups is 1. The Bertz CT molecular complexity index is 379. The Labute approximate surface area is 92.7 Å². The molecule has 1 aromatic rings. The van der Waals surface area contributed by atoms with E-state index in [0.717, 1.165) is 0 Å². The molecular formula is C10H9Cl2NO. The molecule has 0 heterocycles. The van der Waals surface area contributed by atoms with Crippen LogP contribution < -0.4 is 0 Å². The second-order valence-electron chi connectivity index (χ2n) is 3.49. The third kappa shape index (κ3) is 2.19. The lowest BCUT2D eigenvalue weighted by Gasteiger charge is -2.18. The molecule has 74 valence electrons. The van der Waals surface area contributed by atoms with E-state index in [1.807, 2.05) is 6.07 Å². The lowest BCUT2D eigenvalue weighted by Crippen LogP contribution is -2.15. The fourth-order valence-corrected chi connectivity index (χ4v) is 1.60. The predicted molar refractivity (Wildman–Crippen MR) is 56.4 cm³/mol. The zero-order valence-corrected chi connectivity index (χ0v) is 9.32. The molecule has 0 aliphatic carbocycles. The summed E-state index contributed by atoms with van der Waals surface area (Å²) in [6.45, 7) is 3.25. The minimum atomic E-state index is -1.01. The fraction of sp³-hybridized carbons (Fsp3) is 0.300. The van der Waals surface area contributed by atoms with Crippen molar-refractivity contribution < 1.29 is 5.11 Å². The average Bonchev–Trinajstić information content (AvgIpc) is 2.01. The molecule has 2 nitrogen and oxygen atoms in total. The lowest BCUT2D eigenvalue weighted by atomic mass is 9.97. The molecule has 1 aromatic carbocycles. The highest BCUT2D eigenvalue weighted by Crippen LogP contribution is 2.30. The number of nitrogens with zero attached hydrogens (tertiary/aromatic N) is 1. The molecule has 1 rings (SSSR count). The highest BCUT2D eigenvalue weighted by molar-refractivity contribution is 6.36. The Hall–Kier alpha value is -0.750. The summed E-state index contributed by atoms with van der Waals surface area (Å²) in [5.74, 6) is 0. The Morgan fingerprint density at radius 3 is 2.00 bits per heavy atom. The number of benzene rings is 1. The van der Waals surface area contributed by atoms with Gasteiger partial charge >= 0.3 is 0 Å². The molecule has 14 heavy (non-hydrogen) atoms. The van der Waals surface area contributed by atoms with Gasteiger partial charge in [-0.2, -0.15) is 5.26 Å². The van der Waals surface area contributed by atoms with Gasteiger partial charge in [-0.25, -0.2) is 0 Å². The van der Waals surface area contributed by atoms with Gasteiger partial charge in [0.25, 0.3) is 0 Å². The molecular weight excluding hydrogens is 221 g/mol. The van der Waals surface area contributed by atoms with Gasteiger partial charge in [-0.05, 0) is 31.5 Å². The van der Waals surface area contributed by atoms with Crippen molar-refractivity contribution in [2.45, 2.75) is 19.4 Å². The van der Waals surface area contributed by atoms with Crippen molar-refractivity contribution in [3.63, 3.8) is 0 Å². The monoisotopic (exact) mass is 229 g/mol. The summed E-state index contributed by atoms with van der Waals surface area (Å²) in [6, 6.07) is 4.99. The average molecular weight is 230 g/mol. The van der Waals surface area contributed by atoms with E-state index in [4.69, 9.17) is 28.5 Å². The van der Waals surface area contributed by atoms with E-state index in [0.29, 0.717) is 5.56 Å². The number of rotatable bonds is 1. The van der Waals surface area contributed by atoms with E-state index in [2.05, 4.69) is 0 Å². The highest BCUT2D eigenvalue weighted by atomic mass is 35.5. The first kappa shape index (κ1) is 11.3. The standard InChI is InChI=1S/C10H9Cl2NO/c1-10(2,14)6-3-8(11)7(5-13)9(12)4-6/h3-4,14H,1-2H3. The Balaban J connectivity index is 3.37. The van der Waals surface area contributed by atoms with E-state index in [1.165, 1.54) is 0 Å². The van der Waals surface area contributed by atoms with Gasteiger partial charge in [0, 0.05) is 0 Å². The van der Waals surface area contributed by atoms with Crippen molar-refractivity contribution in [2.24, 2.45) is 0 Å². The predicted octanol–water partition coefficient (Wildman–Crippen LogP) is 3.09. The van der Waals surface area contributed by atoms with Gasteiger partial charge in [-0.3, -0.25) is 0 Å². The van der Waals surface area contributed by atoms with Crippen LogP contribution in [-0.4, -0.2) is 5.11 Å². The second-order valence-corrected chi connectivity index (χ2v) is 4.30. The van der Waals surface area contributed by atoms with Gasteiger partial charge in [0.05, 0.1) is 21.2 Å². The van der Waals surface area contributed by atoms with E-state index in [-0.39, 0.29) is 15.6 Å². The largest absolute Gasteiger partial charge is 0.386 e. The molecule has 0 bridgehead atoms. The van der Waals surface area contributed by atoms with Crippen molar-refractivity contribution >= 4 is 23.2 Å². The molecule has 0 aliphatic heterocycles. The molecule has 0 saturated heterocycles. The normalized spacial score (nSPS) is 11.1. The van der Waals surface area contributed by atoms with Gasteiger partial charge in [-0.15, -0.1) is 0 Å². The number of hydrogen-bond acceptors (Lipinski definition) is 2. The van der Waals surface area contributed by atoms with Crippen molar-refractivity contribution in [2.75, 3.05) is 0 Å². The van der Waals surface area contributed by atoms with Gasteiger partial charge < -0.3 is 5.11 Å². The molecule has 0 saturated carbocycles.